The number of hydrogen-bond donors (Lipinski definition) is 0. The second kappa shape index (κ2) is 6.89. The quantitative estimate of drug-likeness (QED) is 0.737. The zero-order chi connectivity index (χ0) is 19.8. The Morgan fingerprint density at radius 2 is 1.70 bits per heavy atom. The van der Waals surface area contributed by atoms with E-state index in [2.05, 4.69) is 4.74 Å². The molecule has 2 aliphatic rings. The molecule has 8 nitrogen and oxygen atoms in total. The van der Waals surface area contributed by atoms with Gasteiger partial charge in [0.1, 0.15) is 6.04 Å². The molecular formula is C16H13F3N2O6. The fourth-order valence-electron chi connectivity index (χ4n) is 2.86. The number of alkyl halides is 3. The number of ether oxygens (including phenoxy) is 1. The second-order valence-electron chi connectivity index (χ2n) is 5.88. The minimum atomic E-state index is -4.70. The van der Waals surface area contributed by atoms with Crippen molar-refractivity contribution in [2.75, 3.05) is 13.2 Å². The average molecular weight is 386 g/mol. The molecule has 1 aromatic carbocycles. The van der Waals surface area contributed by atoms with E-state index in [0.717, 1.165) is 4.90 Å². The molecular weight excluding hydrogens is 373 g/mol. The zero-order valence-electron chi connectivity index (χ0n) is 13.7. The molecule has 1 saturated heterocycles. The summed E-state index contributed by atoms with van der Waals surface area (Å²) in [5, 5.41) is 0.282. The van der Waals surface area contributed by atoms with Gasteiger partial charge in [0, 0.05) is 6.54 Å². The van der Waals surface area contributed by atoms with Crippen LogP contribution in [0, 0.1) is 0 Å². The maximum Gasteiger partial charge on any atom is 0.422 e. The maximum absolute atomic E-state index is 12.3. The Bertz CT molecular complexity index is 775. The van der Waals surface area contributed by atoms with Crippen molar-refractivity contribution >= 4 is 23.9 Å². The van der Waals surface area contributed by atoms with Gasteiger partial charge in [-0.15, -0.1) is 0 Å². The molecule has 1 atom stereocenters. The van der Waals surface area contributed by atoms with Gasteiger partial charge in [-0.2, -0.15) is 13.2 Å². The maximum atomic E-state index is 12.3. The van der Waals surface area contributed by atoms with E-state index in [9.17, 15) is 32.3 Å². The number of carbonyl (C=O) groups excluding carboxylic acids is 4. The monoisotopic (exact) mass is 386 g/mol. The van der Waals surface area contributed by atoms with Crippen molar-refractivity contribution < 1.29 is 41.9 Å². The second-order valence-corrected chi connectivity index (χ2v) is 5.88. The molecule has 1 fully saturated rings. The van der Waals surface area contributed by atoms with Crippen molar-refractivity contribution in [2.45, 2.75) is 25.1 Å². The number of hydroxylamine groups is 2. The third-order valence-electron chi connectivity index (χ3n) is 4.06. The lowest BCUT2D eigenvalue weighted by Crippen LogP contribution is -2.45. The van der Waals surface area contributed by atoms with Gasteiger partial charge in [0.15, 0.2) is 6.61 Å². The lowest BCUT2D eigenvalue weighted by molar-refractivity contribution is -0.175. The molecule has 0 N–H and O–H groups in total. The largest absolute Gasteiger partial charge is 0.440 e. The number of likely N-dealkylation sites (tertiary alicyclic amines) is 1. The number of benzene rings is 1. The molecule has 0 aromatic heterocycles. The molecule has 2 aliphatic heterocycles. The van der Waals surface area contributed by atoms with Gasteiger partial charge in [-0.1, -0.05) is 17.2 Å². The number of imide groups is 1. The van der Waals surface area contributed by atoms with Crippen molar-refractivity contribution in [3.05, 3.63) is 35.4 Å². The summed E-state index contributed by atoms with van der Waals surface area (Å²) < 4.78 is 40.7. The predicted octanol–water partition coefficient (Wildman–Crippen LogP) is 1.90. The first-order chi connectivity index (χ1) is 12.7. The summed E-state index contributed by atoms with van der Waals surface area (Å²) in [6, 6.07) is 4.59. The average Bonchev–Trinajstić information content (AvgIpc) is 3.19. The minimum Gasteiger partial charge on any atom is -0.440 e. The lowest BCUT2D eigenvalue weighted by Gasteiger charge is -2.24. The van der Waals surface area contributed by atoms with Crippen molar-refractivity contribution in [1.29, 1.82) is 0 Å². The summed E-state index contributed by atoms with van der Waals surface area (Å²) in [4.78, 5) is 54.1. The Labute approximate surface area is 150 Å². The van der Waals surface area contributed by atoms with Crippen LogP contribution in [-0.2, 0) is 14.4 Å². The summed E-state index contributed by atoms with van der Waals surface area (Å²) in [5.74, 6) is -2.78. The first-order valence-electron chi connectivity index (χ1n) is 7.89. The van der Waals surface area contributed by atoms with E-state index in [0.29, 0.717) is 6.42 Å². The van der Waals surface area contributed by atoms with Crippen molar-refractivity contribution in [3.8, 4) is 0 Å². The Balaban J connectivity index is 1.66. The molecule has 1 unspecified atom stereocenters. The fraction of sp³-hybridized carbons (Fsp3) is 0.375. The highest BCUT2D eigenvalue weighted by molar-refractivity contribution is 6.20. The number of amides is 3. The molecule has 11 heteroatoms. The van der Waals surface area contributed by atoms with Crippen LogP contribution in [0.15, 0.2) is 24.3 Å². The Hall–Kier alpha value is -3.11. The number of carbonyl (C=O) groups is 4. The topological polar surface area (TPSA) is 93.2 Å². The Morgan fingerprint density at radius 3 is 2.26 bits per heavy atom. The molecule has 2 heterocycles. The van der Waals surface area contributed by atoms with E-state index in [1.165, 1.54) is 24.3 Å². The Morgan fingerprint density at radius 1 is 1.11 bits per heavy atom. The number of hydrogen-bond acceptors (Lipinski definition) is 6. The number of halogens is 3. The summed E-state index contributed by atoms with van der Waals surface area (Å²) >= 11 is 0. The Kier molecular flexibility index (Phi) is 4.77. The van der Waals surface area contributed by atoms with Crippen molar-refractivity contribution in [2.24, 2.45) is 0 Å². The molecule has 27 heavy (non-hydrogen) atoms. The van der Waals surface area contributed by atoms with Gasteiger partial charge in [0.05, 0.1) is 11.1 Å². The molecule has 0 saturated carbocycles. The standard InChI is InChI=1S/C16H13F3N2O6/c17-16(18,19)8-26-15(25)20-7-3-6-11(20)14(24)27-21-12(22)9-4-1-2-5-10(9)13(21)23/h1-2,4-5,11H,3,6-8H2. The van der Waals surface area contributed by atoms with Crippen molar-refractivity contribution in [1.82, 2.24) is 9.96 Å². The molecule has 1 aromatic rings. The number of rotatable bonds is 3. The normalized spacial score (nSPS) is 19.3. The highest BCUT2D eigenvalue weighted by Gasteiger charge is 2.43. The predicted molar refractivity (Wildman–Crippen MR) is 80.2 cm³/mol. The number of nitrogens with zero attached hydrogens (tertiary/aromatic N) is 2. The summed E-state index contributed by atoms with van der Waals surface area (Å²) in [7, 11) is 0. The van der Waals surface area contributed by atoms with Crippen LogP contribution in [0.1, 0.15) is 33.6 Å². The number of fused-ring (bicyclic) bond motifs is 1. The van der Waals surface area contributed by atoms with E-state index in [1.807, 2.05) is 0 Å². The van der Waals surface area contributed by atoms with Gasteiger partial charge in [0.2, 0.25) is 0 Å². The summed E-state index contributed by atoms with van der Waals surface area (Å²) in [6.07, 6.45) is -5.60. The van der Waals surface area contributed by atoms with E-state index in [4.69, 9.17) is 4.84 Å². The summed E-state index contributed by atoms with van der Waals surface area (Å²) in [5.41, 5.74) is 0.117. The van der Waals surface area contributed by atoms with Gasteiger partial charge >= 0.3 is 18.2 Å². The van der Waals surface area contributed by atoms with Gasteiger partial charge in [-0.3, -0.25) is 14.5 Å². The smallest absolute Gasteiger partial charge is 0.422 e. The van der Waals surface area contributed by atoms with Crippen LogP contribution in [0.3, 0.4) is 0 Å². The molecule has 0 radical (unpaired) electrons. The van der Waals surface area contributed by atoms with Gasteiger partial charge in [-0.25, -0.2) is 9.59 Å². The first-order valence-corrected chi connectivity index (χ1v) is 7.89. The van der Waals surface area contributed by atoms with Crippen LogP contribution in [0.4, 0.5) is 18.0 Å². The van der Waals surface area contributed by atoms with Crippen LogP contribution in [-0.4, -0.2) is 59.2 Å². The van der Waals surface area contributed by atoms with E-state index < -0.39 is 42.7 Å². The van der Waals surface area contributed by atoms with E-state index in [-0.39, 0.29) is 29.2 Å². The molecule has 0 bridgehead atoms. The zero-order valence-corrected chi connectivity index (χ0v) is 13.7. The van der Waals surface area contributed by atoms with Crippen LogP contribution < -0.4 is 0 Å². The molecule has 144 valence electrons. The van der Waals surface area contributed by atoms with Crippen LogP contribution in [0.2, 0.25) is 0 Å². The molecule has 0 aliphatic carbocycles. The molecule has 3 amide bonds. The van der Waals surface area contributed by atoms with E-state index in [1.54, 1.807) is 0 Å². The highest BCUT2D eigenvalue weighted by Crippen LogP contribution is 2.26. The molecule has 0 spiro atoms. The summed E-state index contributed by atoms with van der Waals surface area (Å²) in [6.45, 7) is -1.80. The van der Waals surface area contributed by atoms with E-state index >= 15 is 0 Å². The van der Waals surface area contributed by atoms with Gasteiger partial charge in [-0.05, 0) is 25.0 Å². The first kappa shape index (κ1) is 18.7. The molecule has 3 rings (SSSR count). The van der Waals surface area contributed by atoms with Gasteiger partial charge < -0.3 is 9.57 Å². The third-order valence-corrected chi connectivity index (χ3v) is 4.06. The SMILES string of the molecule is O=C(ON1C(=O)c2ccccc2C1=O)C1CCCN1C(=O)OCC(F)(F)F. The van der Waals surface area contributed by atoms with Crippen LogP contribution >= 0.6 is 0 Å². The third kappa shape index (κ3) is 3.71. The van der Waals surface area contributed by atoms with Crippen LogP contribution in [0.25, 0.3) is 0 Å². The minimum absolute atomic E-state index is 0.0153. The van der Waals surface area contributed by atoms with Gasteiger partial charge in [0.25, 0.3) is 11.8 Å². The van der Waals surface area contributed by atoms with Crippen molar-refractivity contribution in [3.63, 3.8) is 0 Å². The lowest BCUT2D eigenvalue weighted by atomic mass is 10.1. The highest BCUT2D eigenvalue weighted by atomic mass is 19.4. The van der Waals surface area contributed by atoms with Crippen LogP contribution in [0.5, 0.6) is 0 Å². The fourth-order valence-corrected chi connectivity index (χ4v) is 2.86.